The summed E-state index contributed by atoms with van der Waals surface area (Å²) in [5, 5.41) is 0. The standard InChI is InChI=1S/C13H16O/c1-2-3-5-10-13(11-14)12-8-6-4-7-9-12/h4,6-11H,2-3,5H2,1H3/b13-10-. The van der Waals surface area contributed by atoms with E-state index in [-0.39, 0.29) is 0 Å². The van der Waals surface area contributed by atoms with Crippen LogP contribution in [0.1, 0.15) is 31.7 Å². The Kier molecular flexibility index (Phi) is 4.70. The average Bonchev–Trinajstić information content (AvgIpc) is 2.26. The van der Waals surface area contributed by atoms with Gasteiger partial charge in [0.1, 0.15) is 6.29 Å². The fourth-order valence-corrected chi connectivity index (χ4v) is 1.33. The van der Waals surface area contributed by atoms with Gasteiger partial charge in [0.15, 0.2) is 0 Å². The zero-order chi connectivity index (χ0) is 10.2. The average molecular weight is 188 g/mol. The summed E-state index contributed by atoms with van der Waals surface area (Å²) in [5.74, 6) is 0. The normalized spacial score (nSPS) is 11.4. The molecule has 0 unspecified atom stereocenters. The van der Waals surface area contributed by atoms with Crippen molar-refractivity contribution in [2.75, 3.05) is 0 Å². The molecule has 0 atom stereocenters. The number of aldehydes is 1. The second kappa shape index (κ2) is 6.14. The molecule has 0 heterocycles. The maximum atomic E-state index is 10.8. The van der Waals surface area contributed by atoms with Crippen molar-refractivity contribution in [3.05, 3.63) is 42.0 Å². The van der Waals surface area contributed by atoms with E-state index in [0.717, 1.165) is 36.7 Å². The highest BCUT2D eigenvalue weighted by molar-refractivity contribution is 6.06. The lowest BCUT2D eigenvalue weighted by molar-refractivity contribution is -0.103. The SMILES string of the molecule is CCCC/C=C(/C=O)c1ccccc1. The van der Waals surface area contributed by atoms with E-state index in [1.54, 1.807) is 0 Å². The summed E-state index contributed by atoms with van der Waals surface area (Å²) in [6.07, 6.45) is 6.25. The van der Waals surface area contributed by atoms with E-state index in [9.17, 15) is 4.79 Å². The molecule has 0 N–H and O–H groups in total. The molecule has 1 aromatic rings. The Labute approximate surface area is 85.5 Å². The summed E-state index contributed by atoms with van der Waals surface area (Å²) < 4.78 is 0. The first-order valence-electron chi connectivity index (χ1n) is 5.09. The largest absolute Gasteiger partial charge is 0.298 e. The zero-order valence-corrected chi connectivity index (χ0v) is 8.57. The molecular weight excluding hydrogens is 172 g/mol. The van der Waals surface area contributed by atoms with Crippen LogP contribution in [0.5, 0.6) is 0 Å². The predicted molar refractivity (Wildman–Crippen MR) is 60.0 cm³/mol. The molecule has 0 aliphatic carbocycles. The van der Waals surface area contributed by atoms with Crippen molar-refractivity contribution in [2.45, 2.75) is 26.2 Å². The first-order chi connectivity index (χ1) is 6.88. The second-order valence-electron chi connectivity index (χ2n) is 3.29. The molecule has 0 aromatic heterocycles. The van der Waals surface area contributed by atoms with Crippen LogP contribution in [-0.2, 0) is 4.79 Å². The Morgan fingerprint density at radius 3 is 2.57 bits per heavy atom. The Bertz CT molecular complexity index is 298. The molecule has 0 aliphatic heterocycles. The lowest BCUT2D eigenvalue weighted by Crippen LogP contribution is -1.85. The van der Waals surface area contributed by atoms with Crippen LogP contribution >= 0.6 is 0 Å². The van der Waals surface area contributed by atoms with Gasteiger partial charge >= 0.3 is 0 Å². The molecule has 0 saturated carbocycles. The summed E-state index contributed by atoms with van der Waals surface area (Å²) in [4.78, 5) is 10.8. The van der Waals surface area contributed by atoms with E-state index < -0.39 is 0 Å². The number of rotatable bonds is 5. The van der Waals surface area contributed by atoms with Gasteiger partial charge in [-0.3, -0.25) is 4.79 Å². The number of carbonyl (C=O) groups is 1. The van der Waals surface area contributed by atoms with E-state index in [1.807, 2.05) is 36.4 Å². The van der Waals surface area contributed by atoms with Gasteiger partial charge in [-0.2, -0.15) is 0 Å². The van der Waals surface area contributed by atoms with Gasteiger partial charge in [0, 0.05) is 5.57 Å². The molecular formula is C13H16O. The van der Waals surface area contributed by atoms with Crippen LogP contribution in [0.4, 0.5) is 0 Å². The number of allylic oxidation sites excluding steroid dienone is 2. The highest BCUT2D eigenvalue weighted by atomic mass is 16.1. The fourth-order valence-electron chi connectivity index (χ4n) is 1.33. The van der Waals surface area contributed by atoms with Crippen molar-refractivity contribution in [3.63, 3.8) is 0 Å². The maximum absolute atomic E-state index is 10.8. The molecule has 0 radical (unpaired) electrons. The minimum absolute atomic E-state index is 0.805. The zero-order valence-electron chi connectivity index (χ0n) is 8.57. The summed E-state index contributed by atoms with van der Waals surface area (Å²) >= 11 is 0. The first-order valence-corrected chi connectivity index (χ1v) is 5.09. The lowest BCUT2D eigenvalue weighted by atomic mass is 10.1. The van der Waals surface area contributed by atoms with Crippen molar-refractivity contribution in [1.82, 2.24) is 0 Å². The number of benzene rings is 1. The number of carbonyl (C=O) groups excluding carboxylic acids is 1. The third-order valence-electron chi connectivity index (χ3n) is 2.16. The van der Waals surface area contributed by atoms with Crippen LogP contribution in [0.3, 0.4) is 0 Å². The molecule has 0 bridgehead atoms. The summed E-state index contributed by atoms with van der Waals surface area (Å²) in [6, 6.07) is 9.79. The van der Waals surface area contributed by atoms with Crippen LogP contribution < -0.4 is 0 Å². The van der Waals surface area contributed by atoms with Gasteiger partial charge < -0.3 is 0 Å². The molecule has 1 aromatic carbocycles. The van der Waals surface area contributed by atoms with Crippen LogP contribution in [0, 0.1) is 0 Å². The summed E-state index contributed by atoms with van der Waals surface area (Å²) in [5.41, 5.74) is 1.82. The van der Waals surface area contributed by atoms with Crippen LogP contribution in [-0.4, -0.2) is 6.29 Å². The van der Waals surface area contributed by atoms with Crippen molar-refractivity contribution in [2.24, 2.45) is 0 Å². The molecule has 0 spiro atoms. The van der Waals surface area contributed by atoms with E-state index in [4.69, 9.17) is 0 Å². The summed E-state index contributed by atoms with van der Waals surface area (Å²) in [6.45, 7) is 2.15. The highest BCUT2D eigenvalue weighted by Crippen LogP contribution is 2.12. The monoisotopic (exact) mass is 188 g/mol. The minimum Gasteiger partial charge on any atom is -0.298 e. The van der Waals surface area contributed by atoms with Crippen molar-refractivity contribution in [3.8, 4) is 0 Å². The molecule has 0 fully saturated rings. The molecule has 0 amide bonds. The Balaban J connectivity index is 2.72. The molecule has 74 valence electrons. The van der Waals surface area contributed by atoms with Gasteiger partial charge in [0.2, 0.25) is 0 Å². The van der Waals surface area contributed by atoms with Gasteiger partial charge in [-0.15, -0.1) is 0 Å². The van der Waals surface area contributed by atoms with Crippen molar-refractivity contribution < 1.29 is 4.79 Å². The van der Waals surface area contributed by atoms with Crippen molar-refractivity contribution in [1.29, 1.82) is 0 Å². The number of unbranched alkanes of at least 4 members (excludes halogenated alkanes) is 2. The fraction of sp³-hybridized carbons (Fsp3) is 0.308. The van der Waals surface area contributed by atoms with Gasteiger partial charge in [-0.1, -0.05) is 56.2 Å². The number of hydrogen-bond donors (Lipinski definition) is 0. The van der Waals surface area contributed by atoms with Crippen LogP contribution in [0.15, 0.2) is 36.4 Å². The van der Waals surface area contributed by atoms with Crippen LogP contribution in [0.25, 0.3) is 5.57 Å². The smallest absolute Gasteiger partial charge is 0.150 e. The molecule has 14 heavy (non-hydrogen) atoms. The minimum atomic E-state index is 0.805. The Hall–Kier alpha value is -1.37. The molecule has 0 aliphatic rings. The first kappa shape index (κ1) is 10.7. The van der Waals surface area contributed by atoms with Gasteiger partial charge in [-0.25, -0.2) is 0 Å². The highest BCUT2D eigenvalue weighted by Gasteiger charge is 1.97. The van der Waals surface area contributed by atoms with E-state index in [1.165, 1.54) is 0 Å². The third-order valence-corrected chi connectivity index (χ3v) is 2.16. The summed E-state index contributed by atoms with van der Waals surface area (Å²) in [7, 11) is 0. The molecule has 1 rings (SSSR count). The molecule has 0 saturated heterocycles. The lowest BCUT2D eigenvalue weighted by Gasteiger charge is -1.99. The van der Waals surface area contributed by atoms with E-state index in [2.05, 4.69) is 6.92 Å². The van der Waals surface area contributed by atoms with Gasteiger partial charge in [-0.05, 0) is 12.0 Å². The van der Waals surface area contributed by atoms with Crippen LogP contribution in [0.2, 0.25) is 0 Å². The Morgan fingerprint density at radius 1 is 1.29 bits per heavy atom. The number of hydrogen-bond acceptors (Lipinski definition) is 1. The second-order valence-corrected chi connectivity index (χ2v) is 3.29. The maximum Gasteiger partial charge on any atom is 0.150 e. The predicted octanol–water partition coefficient (Wildman–Crippen LogP) is 3.46. The van der Waals surface area contributed by atoms with Gasteiger partial charge in [0.25, 0.3) is 0 Å². The third kappa shape index (κ3) is 3.17. The van der Waals surface area contributed by atoms with E-state index >= 15 is 0 Å². The topological polar surface area (TPSA) is 17.1 Å². The molecule has 1 heteroatoms. The van der Waals surface area contributed by atoms with E-state index in [0.29, 0.717) is 0 Å². The van der Waals surface area contributed by atoms with Crippen molar-refractivity contribution >= 4 is 11.9 Å². The quantitative estimate of drug-likeness (QED) is 0.393. The molecule has 1 nitrogen and oxygen atoms in total. The van der Waals surface area contributed by atoms with Gasteiger partial charge in [0.05, 0.1) is 0 Å². The Morgan fingerprint density at radius 2 is 2.00 bits per heavy atom.